The molecule has 2 aromatic heterocycles. The Morgan fingerprint density at radius 3 is 2.80 bits per heavy atom. The fourth-order valence-corrected chi connectivity index (χ4v) is 3.46. The van der Waals surface area contributed by atoms with Crippen LogP contribution in [0.5, 0.6) is 0 Å². The lowest BCUT2D eigenvalue weighted by Crippen LogP contribution is -1.96. The molecule has 20 heavy (non-hydrogen) atoms. The Labute approximate surface area is 127 Å². The fourth-order valence-electron chi connectivity index (χ4n) is 1.96. The largest absolute Gasteiger partial charge is 0.383 e. The first-order valence-corrected chi connectivity index (χ1v) is 7.70. The van der Waals surface area contributed by atoms with E-state index in [0.29, 0.717) is 16.1 Å². The number of aromatic nitrogens is 2. The summed E-state index contributed by atoms with van der Waals surface area (Å²) in [5.41, 5.74) is 6.74. The number of nitrogens with zero attached hydrogens (tertiary/aromatic N) is 2. The van der Waals surface area contributed by atoms with Crippen LogP contribution in [-0.2, 0) is 6.42 Å². The summed E-state index contributed by atoms with van der Waals surface area (Å²) < 4.78 is 13.8. The molecule has 0 saturated heterocycles. The van der Waals surface area contributed by atoms with Gasteiger partial charge >= 0.3 is 0 Å². The molecular weight excluding hydrogens is 341 g/mol. The summed E-state index contributed by atoms with van der Waals surface area (Å²) in [5.74, 6) is 0.655. The number of nitrogens with two attached hydrogens (primary N) is 1. The van der Waals surface area contributed by atoms with Crippen LogP contribution in [0, 0.1) is 5.82 Å². The van der Waals surface area contributed by atoms with Gasteiger partial charge in [-0.05, 0) is 46.6 Å². The predicted molar refractivity (Wildman–Crippen MR) is 84.3 cm³/mol. The molecule has 0 aliphatic rings. The second-order valence-electron chi connectivity index (χ2n) is 4.34. The average molecular weight is 352 g/mol. The second-order valence-corrected chi connectivity index (χ2v) is 6.31. The molecule has 0 spiro atoms. The second kappa shape index (κ2) is 5.10. The first kappa shape index (κ1) is 13.5. The van der Waals surface area contributed by atoms with Crippen LogP contribution in [0.15, 0.2) is 28.7 Å². The minimum Gasteiger partial charge on any atom is -0.383 e. The number of thiophene rings is 1. The maximum atomic E-state index is 13.2. The van der Waals surface area contributed by atoms with Gasteiger partial charge in [-0.3, -0.25) is 0 Å². The summed E-state index contributed by atoms with van der Waals surface area (Å²) >= 11 is 4.94. The van der Waals surface area contributed by atoms with Gasteiger partial charge in [-0.2, -0.15) is 0 Å². The van der Waals surface area contributed by atoms with Crippen LogP contribution < -0.4 is 5.73 Å². The van der Waals surface area contributed by atoms with Crippen LogP contribution in [0.2, 0.25) is 0 Å². The van der Waals surface area contributed by atoms with E-state index in [0.717, 1.165) is 22.2 Å². The Hall–Kier alpha value is -1.53. The van der Waals surface area contributed by atoms with E-state index in [1.54, 1.807) is 17.4 Å². The van der Waals surface area contributed by atoms with Crippen LogP contribution in [0.4, 0.5) is 10.2 Å². The molecule has 0 unspecified atom stereocenters. The van der Waals surface area contributed by atoms with E-state index >= 15 is 0 Å². The summed E-state index contributed by atoms with van der Waals surface area (Å²) in [6.45, 7) is 2.09. The van der Waals surface area contributed by atoms with Gasteiger partial charge in [-0.15, -0.1) is 11.3 Å². The highest BCUT2D eigenvalue weighted by atomic mass is 79.9. The standard InChI is InChI=1S/C14H11BrFN3S/c1-2-8-6-10-12(17)18-13(19-14(10)20-8)9-4-3-7(16)5-11(9)15/h3-6H,2H2,1H3,(H2,17,18,19). The molecule has 0 atom stereocenters. The van der Waals surface area contributed by atoms with E-state index in [4.69, 9.17) is 5.73 Å². The molecule has 3 nitrogen and oxygen atoms in total. The zero-order valence-corrected chi connectivity index (χ0v) is 13.1. The summed E-state index contributed by atoms with van der Waals surface area (Å²) in [5, 5.41) is 0.883. The Balaban J connectivity index is 2.21. The van der Waals surface area contributed by atoms with Crippen molar-refractivity contribution in [3.8, 4) is 11.4 Å². The third-order valence-corrected chi connectivity index (χ3v) is 4.82. The zero-order valence-electron chi connectivity index (χ0n) is 10.7. The van der Waals surface area contributed by atoms with Crippen LogP contribution in [0.25, 0.3) is 21.6 Å². The molecule has 6 heteroatoms. The SMILES string of the molecule is CCc1cc2c(N)nc(-c3ccc(F)cc3Br)nc2s1. The Kier molecular flexibility index (Phi) is 3.43. The Bertz CT molecular complexity index is 800. The van der Waals surface area contributed by atoms with E-state index in [2.05, 4.69) is 32.8 Å². The van der Waals surface area contributed by atoms with Gasteiger partial charge in [0, 0.05) is 14.9 Å². The monoisotopic (exact) mass is 351 g/mol. The van der Waals surface area contributed by atoms with Crippen molar-refractivity contribution >= 4 is 43.3 Å². The quantitative estimate of drug-likeness (QED) is 0.744. The highest BCUT2D eigenvalue weighted by Crippen LogP contribution is 2.32. The summed E-state index contributed by atoms with van der Waals surface area (Å²) in [7, 11) is 0. The lowest BCUT2D eigenvalue weighted by molar-refractivity contribution is 0.627. The number of fused-ring (bicyclic) bond motifs is 1. The molecule has 0 aliphatic carbocycles. The minimum atomic E-state index is -0.306. The van der Waals surface area contributed by atoms with Crippen molar-refractivity contribution in [2.75, 3.05) is 5.73 Å². The van der Waals surface area contributed by atoms with Crippen LogP contribution in [0.1, 0.15) is 11.8 Å². The van der Waals surface area contributed by atoms with Crippen molar-refractivity contribution < 1.29 is 4.39 Å². The molecule has 102 valence electrons. The third kappa shape index (κ3) is 2.29. The van der Waals surface area contributed by atoms with E-state index in [9.17, 15) is 4.39 Å². The van der Waals surface area contributed by atoms with Gasteiger partial charge in [0.2, 0.25) is 0 Å². The molecule has 2 heterocycles. The summed E-state index contributed by atoms with van der Waals surface area (Å²) in [6.07, 6.45) is 0.941. The number of rotatable bonds is 2. The zero-order chi connectivity index (χ0) is 14.3. The van der Waals surface area contributed by atoms with Crippen molar-refractivity contribution in [1.82, 2.24) is 9.97 Å². The van der Waals surface area contributed by atoms with Gasteiger partial charge in [0.1, 0.15) is 16.5 Å². The molecule has 0 radical (unpaired) electrons. The molecule has 3 aromatic rings. The lowest BCUT2D eigenvalue weighted by atomic mass is 10.2. The van der Waals surface area contributed by atoms with Gasteiger partial charge in [0.25, 0.3) is 0 Å². The van der Waals surface area contributed by atoms with Crippen LogP contribution in [-0.4, -0.2) is 9.97 Å². The Morgan fingerprint density at radius 1 is 1.30 bits per heavy atom. The maximum absolute atomic E-state index is 13.2. The first-order chi connectivity index (χ1) is 9.58. The molecule has 0 fully saturated rings. The fraction of sp³-hybridized carbons (Fsp3) is 0.143. The minimum absolute atomic E-state index is 0.306. The molecule has 0 bridgehead atoms. The average Bonchev–Trinajstić information content (AvgIpc) is 2.82. The van der Waals surface area contributed by atoms with Crippen LogP contribution >= 0.6 is 27.3 Å². The number of hydrogen-bond acceptors (Lipinski definition) is 4. The van der Waals surface area contributed by atoms with Crippen molar-refractivity contribution in [3.63, 3.8) is 0 Å². The number of benzene rings is 1. The molecule has 1 aromatic carbocycles. The number of aryl methyl sites for hydroxylation is 1. The Morgan fingerprint density at radius 2 is 2.10 bits per heavy atom. The van der Waals surface area contributed by atoms with Gasteiger partial charge in [0.15, 0.2) is 5.82 Å². The molecule has 2 N–H and O–H groups in total. The smallest absolute Gasteiger partial charge is 0.164 e. The van der Waals surface area contributed by atoms with E-state index in [-0.39, 0.29) is 5.82 Å². The molecule has 0 aliphatic heterocycles. The van der Waals surface area contributed by atoms with Crippen molar-refractivity contribution in [2.24, 2.45) is 0 Å². The predicted octanol–water partition coefficient (Wildman–Crippen LogP) is 4.40. The highest BCUT2D eigenvalue weighted by molar-refractivity contribution is 9.10. The van der Waals surface area contributed by atoms with E-state index in [1.165, 1.54) is 17.0 Å². The topological polar surface area (TPSA) is 51.8 Å². The normalized spacial score (nSPS) is 11.2. The van der Waals surface area contributed by atoms with Gasteiger partial charge in [-0.25, -0.2) is 14.4 Å². The third-order valence-electron chi connectivity index (χ3n) is 2.99. The maximum Gasteiger partial charge on any atom is 0.164 e. The molecular formula is C14H11BrFN3S. The van der Waals surface area contributed by atoms with Crippen LogP contribution in [0.3, 0.4) is 0 Å². The van der Waals surface area contributed by atoms with Crippen molar-refractivity contribution in [3.05, 3.63) is 39.4 Å². The summed E-state index contributed by atoms with van der Waals surface area (Å²) in [4.78, 5) is 11.0. The number of hydrogen-bond donors (Lipinski definition) is 1. The van der Waals surface area contributed by atoms with Gasteiger partial charge in [0.05, 0.1) is 5.39 Å². The molecule has 0 saturated carbocycles. The molecule has 3 rings (SSSR count). The van der Waals surface area contributed by atoms with Crippen molar-refractivity contribution in [1.29, 1.82) is 0 Å². The van der Waals surface area contributed by atoms with E-state index < -0.39 is 0 Å². The number of halogens is 2. The number of nitrogen functional groups attached to an aromatic ring is 1. The van der Waals surface area contributed by atoms with Crippen molar-refractivity contribution in [2.45, 2.75) is 13.3 Å². The number of anilines is 1. The summed E-state index contributed by atoms with van der Waals surface area (Å²) in [6, 6.07) is 6.45. The van der Waals surface area contributed by atoms with E-state index in [1.807, 2.05) is 6.07 Å². The highest BCUT2D eigenvalue weighted by Gasteiger charge is 2.13. The van der Waals surface area contributed by atoms with Gasteiger partial charge < -0.3 is 5.73 Å². The molecule has 0 amide bonds. The lowest BCUT2D eigenvalue weighted by Gasteiger charge is -2.05. The first-order valence-electron chi connectivity index (χ1n) is 6.10. The van der Waals surface area contributed by atoms with Gasteiger partial charge in [-0.1, -0.05) is 6.92 Å².